The van der Waals surface area contributed by atoms with Crippen LogP contribution in [0.3, 0.4) is 0 Å². The molecular weight excluding hydrogens is 912 g/mol. The van der Waals surface area contributed by atoms with E-state index in [9.17, 15) is 19.4 Å². The molecule has 3 unspecified atom stereocenters. The van der Waals surface area contributed by atoms with Crippen molar-refractivity contribution in [1.82, 2.24) is 5.32 Å². The number of carbonyl (C=O) groups excluding carboxylic acids is 1. The van der Waals surface area contributed by atoms with Crippen LogP contribution in [0.15, 0.2) is 24.3 Å². The summed E-state index contributed by atoms with van der Waals surface area (Å²) >= 11 is 0. The van der Waals surface area contributed by atoms with E-state index in [1.54, 1.807) is 6.08 Å². The fourth-order valence-electron chi connectivity index (χ4n) is 9.68. The van der Waals surface area contributed by atoms with Gasteiger partial charge in [-0.05, 0) is 44.9 Å². The van der Waals surface area contributed by atoms with Gasteiger partial charge >= 0.3 is 0 Å². The number of quaternary nitrogens is 1. The lowest BCUT2D eigenvalue weighted by molar-refractivity contribution is -0.870. The van der Waals surface area contributed by atoms with Crippen molar-refractivity contribution in [3.05, 3.63) is 24.3 Å². The summed E-state index contributed by atoms with van der Waals surface area (Å²) in [4.78, 5) is 25.6. The van der Waals surface area contributed by atoms with Gasteiger partial charge in [-0.15, -0.1) is 0 Å². The molecule has 0 aliphatic carbocycles. The normalized spacial score (nSPS) is 13.9. The number of phosphoric ester groups is 1. The summed E-state index contributed by atoms with van der Waals surface area (Å²) < 4.78 is 23.4. The molecule has 3 atom stereocenters. The fraction of sp³-hybridized carbons (Fsp3) is 0.921. The Morgan fingerprint density at radius 3 is 1.08 bits per heavy atom. The van der Waals surface area contributed by atoms with E-state index in [2.05, 4.69) is 31.3 Å². The third-order valence-corrected chi connectivity index (χ3v) is 15.6. The monoisotopic (exact) mass is 1040 g/mol. The number of unbranched alkanes of at least 4 members (excludes halogenated alkanes) is 44. The van der Waals surface area contributed by atoms with E-state index in [4.69, 9.17) is 9.05 Å². The van der Waals surface area contributed by atoms with Crippen LogP contribution in [0.25, 0.3) is 0 Å². The Labute approximate surface area is 449 Å². The first-order chi connectivity index (χ1) is 35.0. The van der Waals surface area contributed by atoms with Gasteiger partial charge in [-0.3, -0.25) is 9.36 Å². The molecule has 2 N–H and O–H groups in total. The van der Waals surface area contributed by atoms with E-state index in [1.807, 2.05) is 27.2 Å². The number of aliphatic hydroxyl groups is 1. The van der Waals surface area contributed by atoms with Crippen molar-refractivity contribution in [1.29, 1.82) is 0 Å². The molecule has 0 saturated heterocycles. The second-order valence-electron chi connectivity index (χ2n) is 23.1. The van der Waals surface area contributed by atoms with E-state index < -0.39 is 20.0 Å². The molecule has 0 spiro atoms. The third kappa shape index (κ3) is 56.7. The fourth-order valence-corrected chi connectivity index (χ4v) is 10.4. The Morgan fingerprint density at radius 1 is 0.472 bits per heavy atom. The van der Waals surface area contributed by atoms with Gasteiger partial charge in [0.15, 0.2) is 0 Å². The van der Waals surface area contributed by atoms with Crippen LogP contribution < -0.4 is 10.2 Å². The molecule has 0 heterocycles. The van der Waals surface area contributed by atoms with Crippen LogP contribution >= 0.6 is 7.82 Å². The number of hydrogen-bond donors (Lipinski definition) is 2. The summed E-state index contributed by atoms with van der Waals surface area (Å²) in [6.07, 6.45) is 69.8. The Bertz CT molecular complexity index is 1220. The van der Waals surface area contributed by atoms with Crippen molar-refractivity contribution < 1.29 is 32.9 Å². The van der Waals surface area contributed by atoms with Crippen LogP contribution in [0, 0.1) is 0 Å². The highest BCUT2D eigenvalue weighted by atomic mass is 31.2. The molecule has 0 radical (unpaired) electrons. The van der Waals surface area contributed by atoms with Crippen molar-refractivity contribution in [3.8, 4) is 0 Å². The lowest BCUT2D eigenvalue weighted by Gasteiger charge is -2.29. The van der Waals surface area contributed by atoms with Crippen molar-refractivity contribution in [2.75, 3.05) is 40.9 Å². The van der Waals surface area contributed by atoms with Crippen molar-refractivity contribution in [3.63, 3.8) is 0 Å². The highest BCUT2D eigenvalue weighted by molar-refractivity contribution is 7.45. The average Bonchev–Trinajstić information content (AvgIpc) is 3.34. The predicted octanol–water partition coefficient (Wildman–Crippen LogP) is 18.9. The molecule has 0 saturated carbocycles. The molecule has 0 aliphatic heterocycles. The summed E-state index contributed by atoms with van der Waals surface area (Å²) in [7, 11) is 1.28. The maximum Gasteiger partial charge on any atom is 0.268 e. The predicted molar refractivity (Wildman–Crippen MR) is 312 cm³/mol. The second kappa shape index (κ2) is 54.8. The van der Waals surface area contributed by atoms with Gasteiger partial charge in [0.2, 0.25) is 5.91 Å². The Balaban J connectivity index is 4.11. The minimum absolute atomic E-state index is 0.00105. The van der Waals surface area contributed by atoms with Crippen molar-refractivity contribution in [2.45, 2.75) is 334 Å². The molecule has 0 aromatic heterocycles. The number of phosphoric acid groups is 1. The zero-order valence-electron chi connectivity index (χ0n) is 48.9. The summed E-state index contributed by atoms with van der Waals surface area (Å²) in [5.41, 5.74) is 0. The number of likely N-dealkylation sites (N-methyl/N-ethyl adjacent to an activating group) is 1. The first-order valence-corrected chi connectivity index (χ1v) is 33.2. The Hall–Kier alpha value is -1.02. The SMILES string of the molecule is CCCCCCCCCCCCCC/C=C\CCCCCCCCCCCCCCC(=O)NC(COP(=O)([O-])OCC[N+](C)(C)C)C(O)/C=C/CCCCCCCCCCCCCCCCCCCCCC. The number of hydrogen-bond acceptors (Lipinski definition) is 6. The van der Waals surface area contributed by atoms with Crippen LogP contribution in [0.1, 0.15) is 322 Å². The topological polar surface area (TPSA) is 108 Å². The maximum absolute atomic E-state index is 13.0. The molecule has 1 amide bonds. The first-order valence-electron chi connectivity index (χ1n) is 31.7. The quantitative estimate of drug-likeness (QED) is 0.0272. The highest BCUT2D eigenvalue weighted by Crippen LogP contribution is 2.38. The lowest BCUT2D eigenvalue weighted by atomic mass is 10.0. The molecule has 0 rings (SSSR count). The van der Waals surface area contributed by atoms with Crippen molar-refractivity contribution in [2.24, 2.45) is 0 Å². The molecular formula is C63H125N2O6P. The molecule has 72 heavy (non-hydrogen) atoms. The largest absolute Gasteiger partial charge is 0.756 e. The maximum atomic E-state index is 13.0. The first kappa shape index (κ1) is 71.0. The summed E-state index contributed by atoms with van der Waals surface area (Å²) in [6, 6.07) is -0.886. The molecule has 0 aliphatic rings. The number of amides is 1. The van der Waals surface area contributed by atoms with Crippen LogP contribution in [0.5, 0.6) is 0 Å². The van der Waals surface area contributed by atoms with Gasteiger partial charge in [0.05, 0.1) is 39.9 Å². The summed E-state index contributed by atoms with van der Waals surface area (Å²) in [5.74, 6) is -0.192. The minimum Gasteiger partial charge on any atom is -0.756 e. The number of allylic oxidation sites excluding steroid dienone is 3. The molecule has 0 aromatic rings. The van der Waals surface area contributed by atoms with Crippen LogP contribution in [-0.2, 0) is 18.4 Å². The van der Waals surface area contributed by atoms with Crippen LogP contribution in [0.4, 0.5) is 0 Å². The smallest absolute Gasteiger partial charge is 0.268 e. The summed E-state index contributed by atoms with van der Waals surface area (Å²) in [6.45, 7) is 4.70. The van der Waals surface area contributed by atoms with Crippen LogP contribution in [-0.4, -0.2) is 68.5 Å². The molecule has 0 fully saturated rings. The number of carbonyl (C=O) groups is 1. The second-order valence-corrected chi connectivity index (χ2v) is 24.5. The minimum atomic E-state index is -4.60. The third-order valence-electron chi connectivity index (χ3n) is 14.7. The van der Waals surface area contributed by atoms with Gasteiger partial charge in [0.1, 0.15) is 13.2 Å². The van der Waals surface area contributed by atoms with Gasteiger partial charge in [0.25, 0.3) is 7.82 Å². The van der Waals surface area contributed by atoms with Crippen LogP contribution in [0.2, 0.25) is 0 Å². The van der Waals surface area contributed by atoms with E-state index in [1.165, 1.54) is 263 Å². The van der Waals surface area contributed by atoms with Gasteiger partial charge < -0.3 is 28.8 Å². The van der Waals surface area contributed by atoms with Crippen molar-refractivity contribution >= 4 is 13.7 Å². The molecule has 8 nitrogen and oxygen atoms in total. The summed E-state index contributed by atoms with van der Waals surface area (Å²) in [5, 5.41) is 13.9. The van der Waals surface area contributed by atoms with Gasteiger partial charge in [-0.1, -0.05) is 295 Å². The molecule has 0 bridgehead atoms. The lowest BCUT2D eigenvalue weighted by Crippen LogP contribution is -2.45. The molecule has 0 aromatic carbocycles. The van der Waals surface area contributed by atoms with E-state index >= 15 is 0 Å². The van der Waals surface area contributed by atoms with Gasteiger partial charge in [0, 0.05) is 6.42 Å². The number of rotatable bonds is 59. The highest BCUT2D eigenvalue weighted by Gasteiger charge is 2.23. The zero-order chi connectivity index (χ0) is 52.7. The molecule has 9 heteroatoms. The van der Waals surface area contributed by atoms with E-state index in [0.717, 1.165) is 38.5 Å². The number of aliphatic hydroxyl groups excluding tert-OH is 1. The zero-order valence-corrected chi connectivity index (χ0v) is 49.8. The van der Waals surface area contributed by atoms with E-state index in [-0.39, 0.29) is 19.1 Å². The molecule has 428 valence electrons. The average molecular weight is 1040 g/mol. The van der Waals surface area contributed by atoms with Gasteiger partial charge in [-0.2, -0.15) is 0 Å². The Morgan fingerprint density at radius 2 is 0.764 bits per heavy atom. The van der Waals surface area contributed by atoms with Gasteiger partial charge in [-0.25, -0.2) is 0 Å². The standard InChI is InChI=1S/C63H125N2O6P/c1-6-8-10-12-14-16-18-20-22-24-26-28-30-31-32-33-34-35-37-39-41-43-45-47-49-51-53-55-57-63(67)64-61(60-71-72(68,69)70-59-58-65(3,4)5)62(66)56-54-52-50-48-46-44-42-40-38-36-29-27-25-23-21-19-17-15-13-11-9-7-2/h31-32,54,56,61-62,66H,6-30,33-53,55,57-60H2,1-5H3,(H-,64,67,68,69)/b32-31-,56-54+. The number of nitrogens with one attached hydrogen (secondary N) is 1. The van der Waals surface area contributed by atoms with E-state index in [0.29, 0.717) is 17.4 Å². The number of nitrogens with zero attached hydrogens (tertiary/aromatic N) is 1. The Kier molecular flexibility index (Phi) is 54.0.